The first-order valence-electron chi connectivity index (χ1n) is 19.0. The normalized spacial score (nSPS) is 41.9. The molecule has 3 saturated heterocycles. The number of aliphatic hydroxyl groups excluding tert-OH is 1. The van der Waals surface area contributed by atoms with Gasteiger partial charge in [-0.1, -0.05) is 64.1 Å². The largest absolute Gasteiger partial charge is 0.455 e. The van der Waals surface area contributed by atoms with Crippen molar-refractivity contribution in [2.75, 3.05) is 27.7 Å². The average Bonchev–Trinajstić information content (AvgIpc) is 3.54. The van der Waals surface area contributed by atoms with Gasteiger partial charge in [0, 0.05) is 37.2 Å². The minimum absolute atomic E-state index is 0.0244. The SMILES string of the molecule is CC[C@H]1OC(=O)/C(C)=C/[C@H](C)[C@@H](O[C@@H]2O[C@H](C)C[C@H](N(C)C)[C@H]2O)[C@](C)(OC)C[C@@H](C)[C@H]2[C@H](C)[C@H]3N(C(=O)O[C@]13C)N2CCCc1ccccc1. The Hall–Kier alpha value is -2.54. The maximum Gasteiger partial charge on any atom is 0.425 e. The van der Waals surface area contributed by atoms with Crippen molar-refractivity contribution >= 4 is 12.1 Å². The number of methoxy groups -OCH3 is 1. The molecule has 13 atom stereocenters. The summed E-state index contributed by atoms with van der Waals surface area (Å²) >= 11 is 0. The van der Waals surface area contributed by atoms with Crippen molar-refractivity contribution in [2.24, 2.45) is 17.8 Å². The van der Waals surface area contributed by atoms with Crippen molar-refractivity contribution < 1.29 is 38.4 Å². The fraction of sp³-hybridized carbons (Fsp3) is 0.750. The van der Waals surface area contributed by atoms with Crippen molar-refractivity contribution in [1.29, 1.82) is 0 Å². The second-order valence-electron chi connectivity index (χ2n) is 16.3. The van der Waals surface area contributed by atoms with Gasteiger partial charge in [-0.15, -0.1) is 0 Å². The molecule has 11 nitrogen and oxygen atoms in total. The first-order chi connectivity index (χ1) is 24.1. The van der Waals surface area contributed by atoms with Gasteiger partial charge in [-0.3, -0.25) is 0 Å². The van der Waals surface area contributed by atoms with E-state index in [0.29, 0.717) is 31.4 Å². The van der Waals surface area contributed by atoms with Gasteiger partial charge in [-0.2, -0.15) is 0 Å². The Labute approximate surface area is 305 Å². The summed E-state index contributed by atoms with van der Waals surface area (Å²) < 4.78 is 32.1. The zero-order chi connectivity index (χ0) is 37.4. The van der Waals surface area contributed by atoms with Gasteiger partial charge >= 0.3 is 12.1 Å². The Morgan fingerprint density at radius 1 is 1.08 bits per heavy atom. The van der Waals surface area contributed by atoms with Gasteiger partial charge in [0.05, 0.1) is 23.9 Å². The second-order valence-corrected chi connectivity index (χ2v) is 16.3. The van der Waals surface area contributed by atoms with Crippen molar-refractivity contribution in [3.05, 3.63) is 47.5 Å². The van der Waals surface area contributed by atoms with E-state index in [4.69, 9.17) is 23.7 Å². The number of benzene rings is 1. The molecule has 0 aliphatic carbocycles. The molecule has 1 aromatic rings. The van der Waals surface area contributed by atoms with Crippen LogP contribution in [0.5, 0.6) is 0 Å². The maximum absolute atomic E-state index is 13.9. The van der Waals surface area contributed by atoms with Crippen LogP contribution in [0, 0.1) is 17.8 Å². The molecule has 4 aliphatic heterocycles. The van der Waals surface area contributed by atoms with Crippen LogP contribution in [0.4, 0.5) is 4.79 Å². The van der Waals surface area contributed by atoms with Gasteiger partial charge in [-0.25, -0.2) is 19.6 Å². The predicted molar refractivity (Wildman–Crippen MR) is 195 cm³/mol. The van der Waals surface area contributed by atoms with Crippen LogP contribution in [0.3, 0.4) is 0 Å². The van der Waals surface area contributed by atoms with Crippen LogP contribution >= 0.6 is 0 Å². The smallest absolute Gasteiger partial charge is 0.425 e. The van der Waals surface area contributed by atoms with Gasteiger partial charge in [-0.05, 0) is 91.3 Å². The Bertz CT molecular complexity index is 1390. The Balaban J connectivity index is 1.56. The predicted octanol–water partition coefficient (Wildman–Crippen LogP) is 5.59. The number of likely N-dealkylation sites (N-methyl/N-ethyl adjacent to an activating group) is 1. The zero-order valence-electron chi connectivity index (χ0n) is 32.7. The van der Waals surface area contributed by atoms with E-state index in [1.165, 1.54) is 5.56 Å². The third kappa shape index (κ3) is 7.76. The van der Waals surface area contributed by atoms with Gasteiger partial charge in [0.1, 0.15) is 12.2 Å². The van der Waals surface area contributed by atoms with Crippen LogP contribution in [0.1, 0.15) is 86.6 Å². The van der Waals surface area contributed by atoms with Gasteiger partial charge in [0.25, 0.3) is 0 Å². The Morgan fingerprint density at radius 2 is 1.76 bits per heavy atom. The monoisotopic (exact) mass is 713 g/mol. The second kappa shape index (κ2) is 15.8. The lowest BCUT2D eigenvalue weighted by Crippen LogP contribution is -2.58. The number of carbonyl (C=O) groups is 2. The first kappa shape index (κ1) is 39.7. The van der Waals surface area contributed by atoms with E-state index in [1.807, 2.05) is 70.8 Å². The molecule has 4 aliphatic rings. The highest BCUT2D eigenvalue weighted by atomic mass is 16.7. The summed E-state index contributed by atoms with van der Waals surface area (Å²) in [6.45, 7) is 16.8. The number of ether oxygens (including phenoxy) is 5. The van der Waals surface area contributed by atoms with E-state index in [0.717, 1.165) is 12.8 Å². The number of fused-ring (bicyclic) bond motifs is 1. The zero-order valence-corrected chi connectivity index (χ0v) is 32.7. The molecule has 51 heavy (non-hydrogen) atoms. The van der Waals surface area contributed by atoms with E-state index >= 15 is 0 Å². The highest BCUT2D eigenvalue weighted by Crippen LogP contribution is 2.50. The van der Waals surface area contributed by atoms with Crippen molar-refractivity contribution in [3.8, 4) is 0 Å². The number of hydrogen-bond acceptors (Lipinski definition) is 10. The van der Waals surface area contributed by atoms with Crippen LogP contribution < -0.4 is 0 Å². The third-order valence-electron chi connectivity index (χ3n) is 12.2. The molecule has 0 unspecified atom stereocenters. The number of amides is 1. The number of nitrogens with zero attached hydrogens (tertiary/aromatic N) is 3. The van der Waals surface area contributed by atoms with E-state index in [9.17, 15) is 14.7 Å². The highest BCUT2D eigenvalue weighted by Gasteiger charge is 2.66. The van der Waals surface area contributed by atoms with Gasteiger partial charge in [0.2, 0.25) is 0 Å². The molecule has 0 spiro atoms. The molecule has 2 bridgehead atoms. The topological polar surface area (TPSA) is 110 Å². The van der Waals surface area contributed by atoms with Crippen LogP contribution in [0.2, 0.25) is 0 Å². The summed E-state index contributed by atoms with van der Waals surface area (Å²) in [5, 5.41) is 15.6. The summed E-state index contributed by atoms with van der Waals surface area (Å²) in [6, 6.07) is 9.85. The highest BCUT2D eigenvalue weighted by molar-refractivity contribution is 5.88. The summed E-state index contributed by atoms with van der Waals surface area (Å²) in [5.74, 6) is -0.787. The molecule has 1 N–H and O–H groups in total. The van der Waals surface area contributed by atoms with Gasteiger partial charge in [0.15, 0.2) is 11.9 Å². The number of aryl methyl sites for hydroxylation is 1. The molecular formula is C40H63N3O8. The first-order valence-corrected chi connectivity index (χ1v) is 19.0. The molecular weight excluding hydrogens is 650 g/mol. The summed E-state index contributed by atoms with van der Waals surface area (Å²) in [5.41, 5.74) is -0.252. The minimum atomic E-state index is -1.05. The van der Waals surface area contributed by atoms with E-state index in [-0.39, 0.29) is 42.0 Å². The number of aliphatic hydroxyl groups is 1. The lowest BCUT2D eigenvalue weighted by Gasteiger charge is -2.47. The molecule has 1 aromatic carbocycles. The molecule has 0 radical (unpaired) electrons. The quantitative estimate of drug-likeness (QED) is 0.325. The lowest BCUT2D eigenvalue weighted by atomic mass is 9.73. The number of carbonyl (C=O) groups excluding carboxylic acids is 2. The van der Waals surface area contributed by atoms with Crippen molar-refractivity contribution in [2.45, 2.75) is 148 Å². The van der Waals surface area contributed by atoms with Crippen LogP contribution in [-0.4, -0.2) is 120 Å². The van der Waals surface area contributed by atoms with Gasteiger partial charge < -0.3 is 33.7 Å². The van der Waals surface area contributed by atoms with Crippen molar-refractivity contribution in [1.82, 2.24) is 14.9 Å². The van der Waals surface area contributed by atoms with Crippen LogP contribution in [-0.2, 0) is 34.9 Å². The summed E-state index contributed by atoms with van der Waals surface area (Å²) in [6.07, 6.45) is 1.75. The van der Waals surface area contributed by atoms with Crippen LogP contribution in [0.15, 0.2) is 42.0 Å². The van der Waals surface area contributed by atoms with E-state index < -0.39 is 47.9 Å². The maximum atomic E-state index is 13.9. The molecule has 3 fully saturated rings. The third-order valence-corrected chi connectivity index (χ3v) is 12.2. The standard InChI is InChI=1S/C40H63N3O8/c1-12-31-40(8)34-28(6)32(42(43(34)38(46)51-40)20-16-19-29-17-14-13-15-18-29)26(4)23-39(7,47-11)35(24(2)21-25(3)36(45)49-31)50-37-33(44)30(41(9)10)22-27(5)48-37/h13-15,17-18,21,24,26-28,30-35,37,44H,12,16,19-20,22-23H2,1-11H3/b25-21+/t24-,26+,27+,28-,30-,31+,32-,33+,34+,35+,37-,39+,40+/m0/s1. The number of cyclic esters (lactones) is 1. The number of hydrazine groups is 1. The van der Waals surface area contributed by atoms with Crippen molar-refractivity contribution in [3.63, 3.8) is 0 Å². The Morgan fingerprint density at radius 3 is 2.39 bits per heavy atom. The fourth-order valence-corrected chi connectivity index (χ4v) is 9.75. The molecule has 0 saturated carbocycles. The van der Waals surface area contributed by atoms with Crippen LogP contribution in [0.25, 0.3) is 0 Å². The average molecular weight is 714 g/mol. The summed E-state index contributed by atoms with van der Waals surface area (Å²) in [4.78, 5) is 29.8. The summed E-state index contributed by atoms with van der Waals surface area (Å²) in [7, 11) is 5.60. The Kier molecular flexibility index (Phi) is 12.3. The minimum Gasteiger partial charge on any atom is -0.455 e. The molecule has 4 heterocycles. The molecule has 11 heteroatoms. The molecule has 0 aromatic heterocycles. The number of esters is 1. The van der Waals surface area contributed by atoms with E-state index in [2.05, 4.69) is 43.1 Å². The lowest BCUT2D eigenvalue weighted by molar-refractivity contribution is -0.295. The number of hydrogen-bond donors (Lipinski definition) is 1. The fourth-order valence-electron chi connectivity index (χ4n) is 9.75. The molecule has 5 rings (SSSR count). The van der Waals surface area contributed by atoms with E-state index in [1.54, 1.807) is 14.0 Å². The molecule has 1 amide bonds. The number of rotatable bonds is 9. The molecule has 286 valence electrons.